The minimum Gasteiger partial charge on any atom is -0.335 e. The second-order valence-electron chi connectivity index (χ2n) is 6.15. The zero-order valence-corrected chi connectivity index (χ0v) is 11.2. The Morgan fingerprint density at radius 2 is 1.94 bits per heavy atom. The smallest absolute Gasteiger partial charge is 0.229 e. The van der Waals surface area contributed by atoms with Crippen LogP contribution >= 0.6 is 0 Å². The topological polar surface area (TPSA) is 46.3 Å². The fourth-order valence-electron chi connectivity index (χ4n) is 3.57. The summed E-state index contributed by atoms with van der Waals surface area (Å²) in [6, 6.07) is 0.658. The summed E-state index contributed by atoms with van der Waals surface area (Å²) in [4.78, 5) is 14.9. The molecule has 1 aliphatic carbocycles. The molecular formula is C14H26N2O. The van der Waals surface area contributed by atoms with E-state index in [2.05, 4.69) is 18.7 Å². The van der Waals surface area contributed by atoms with Crippen LogP contribution in [0.4, 0.5) is 0 Å². The van der Waals surface area contributed by atoms with Crippen LogP contribution in [0.25, 0.3) is 0 Å². The Bertz CT molecular complexity index is 284. The fourth-order valence-corrected chi connectivity index (χ4v) is 3.57. The van der Waals surface area contributed by atoms with Gasteiger partial charge in [0.05, 0.1) is 0 Å². The molecule has 0 radical (unpaired) electrons. The number of likely N-dealkylation sites (tertiary alicyclic amines) is 1. The van der Waals surface area contributed by atoms with E-state index in [9.17, 15) is 4.79 Å². The maximum Gasteiger partial charge on any atom is 0.229 e. The molecule has 1 amide bonds. The van der Waals surface area contributed by atoms with Gasteiger partial charge in [0.25, 0.3) is 0 Å². The molecular weight excluding hydrogens is 212 g/mol. The van der Waals surface area contributed by atoms with Crippen molar-refractivity contribution in [1.82, 2.24) is 4.90 Å². The van der Waals surface area contributed by atoms with Crippen LogP contribution in [-0.4, -0.2) is 29.4 Å². The van der Waals surface area contributed by atoms with Gasteiger partial charge in [-0.05, 0) is 39.0 Å². The minimum atomic E-state index is -0.0982. The van der Waals surface area contributed by atoms with Gasteiger partial charge in [0.1, 0.15) is 0 Å². The number of hydrogen-bond donors (Lipinski definition) is 1. The summed E-state index contributed by atoms with van der Waals surface area (Å²) in [6.45, 7) is 4.95. The van der Waals surface area contributed by atoms with Gasteiger partial charge in [-0.15, -0.1) is 0 Å². The molecule has 0 aromatic carbocycles. The molecule has 2 N–H and O–H groups in total. The van der Waals surface area contributed by atoms with Gasteiger partial charge in [0, 0.05) is 24.0 Å². The second kappa shape index (κ2) is 4.97. The first kappa shape index (κ1) is 12.9. The zero-order valence-electron chi connectivity index (χ0n) is 11.2. The largest absolute Gasteiger partial charge is 0.335 e. The van der Waals surface area contributed by atoms with E-state index in [0.717, 1.165) is 25.7 Å². The first-order chi connectivity index (χ1) is 8.08. The third kappa shape index (κ3) is 2.35. The number of carbonyl (C=O) groups is 1. The highest BCUT2D eigenvalue weighted by atomic mass is 16.2. The Morgan fingerprint density at radius 3 is 2.53 bits per heavy atom. The average molecular weight is 238 g/mol. The lowest BCUT2D eigenvalue weighted by Gasteiger charge is -2.44. The standard InChI is InChI=1S/C14H26N2O/c1-11-6-5-7-12(10-15)16(11)13(17)14(2)8-3-4-9-14/h11-12H,3-10,15H2,1-2H3. The van der Waals surface area contributed by atoms with Crippen molar-refractivity contribution in [1.29, 1.82) is 0 Å². The number of nitrogens with zero attached hydrogens (tertiary/aromatic N) is 1. The molecule has 0 aromatic heterocycles. The van der Waals surface area contributed by atoms with Crippen molar-refractivity contribution in [2.75, 3.05) is 6.54 Å². The van der Waals surface area contributed by atoms with Crippen molar-refractivity contribution in [3.05, 3.63) is 0 Å². The van der Waals surface area contributed by atoms with E-state index in [1.54, 1.807) is 0 Å². The van der Waals surface area contributed by atoms with Crippen LogP contribution in [0.15, 0.2) is 0 Å². The highest BCUT2D eigenvalue weighted by Crippen LogP contribution is 2.41. The van der Waals surface area contributed by atoms with E-state index in [1.807, 2.05) is 0 Å². The maximum absolute atomic E-state index is 12.8. The summed E-state index contributed by atoms with van der Waals surface area (Å²) in [7, 11) is 0. The molecule has 98 valence electrons. The number of nitrogens with two attached hydrogens (primary N) is 1. The predicted octanol–water partition coefficient (Wildman–Crippen LogP) is 2.29. The predicted molar refractivity (Wildman–Crippen MR) is 69.6 cm³/mol. The Hall–Kier alpha value is -0.570. The Kier molecular flexibility index (Phi) is 3.76. The van der Waals surface area contributed by atoms with Gasteiger partial charge in [-0.2, -0.15) is 0 Å². The van der Waals surface area contributed by atoms with E-state index in [4.69, 9.17) is 5.73 Å². The number of hydrogen-bond acceptors (Lipinski definition) is 2. The second-order valence-corrected chi connectivity index (χ2v) is 6.15. The first-order valence-electron chi connectivity index (χ1n) is 7.11. The normalized spacial score (nSPS) is 32.8. The van der Waals surface area contributed by atoms with Gasteiger partial charge in [-0.3, -0.25) is 4.79 Å². The minimum absolute atomic E-state index is 0.0982. The molecule has 3 nitrogen and oxygen atoms in total. The van der Waals surface area contributed by atoms with Crippen LogP contribution in [0.2, 0.25) is 0 Å². The van der Waals surface area contributed by atoms with Crippen LogP contribution in [0.1, 0.15) is 58.8 Å². The summed E-state index contributed by atoms with van der Waals surface area (Å²) >= 11 is 0. The Labute approximate surface area is 105 Å². The summed E-state index contributed by atoms with van der Waals surface area (Å²) in [5.41, 5.74) is 5.74. The number of piperidine rings is 1. The molecule has 2 fully saturated rings. The van der Waals surface area contributed by atoms with Crippen molar-refractivity contribution in [3.63, 3.8) is 0 Å². The third-order valence-electron chi connectivity index (χ3n) is 4.76. The highest BCUT2D eigenvalue weighted by Gasteiger charge is 2.43. The highest BCUT2D eigenvalue weighted by molar-refractivity contribution is 5.83. The van der Waals surface area contributed by atoms with Crippen molar-refractivity contribution in [2.45, 2.75) is 70.9 Å². The molecule has 2 unspecified atom stereocenters. The molecule has 1 heterocycles. The lowest BCUT2D eigenvalue weighted by molar-refractivity contribution is -0.147. The lowest BCUT2D eigenvalue weighted by atomic mass is 9.84. The quantitative estimate of drug-likeness (QED) is 0.802. The van der Waals surface area contributed by atoms with Crippen molar-refractivity contribution >= 4 is 5.91 Å². The molecule has 0 spiro atoms. The fraction of sp³-hybridized carbons (Fsp3) is 0.929. The van der Waals surface area contributed by atoms with E-state index < -0.39 is 0 Å². The van der Waals surface area contributed by atoms with Gasteiger partial charge < -0.3 is 10.6 Å². The van der Waals surface area contributed by atoms with Crippen molar-refractivity contribution < 1.29 is 4.79 Å². The van der Waals surface area contributed by atoms with Gasteiger partial charge >= 0.3 is 0 Å². The van der Waals surface area contributed by atoms with Crippen LogP contribution in [0.5, 0.6) is 0 Å². The van der Waals surface area contributed by atoms with Crippen LogP contribution in [0, 0.1) is 5.41 Å². The molecule has 17 heavy (non-hydrogen) atoms. The average Bonchev–Trinajstić information content (AvgIpc) is 2.76. The molecule has 0 aromatic rings. The monoisotopic (exact) mass is 238 g/mol. The summed E-state index contributed by atoms with van der Waals surface area (Å²) < 4.78 is 0. The zero-order chi connectivity index (χ0) is 12.5. The van der Waals surface area contributed by atoms with Crippen LogP contribution < -0.4 is 5.73 Å². The molecule has 2 atom stereocenters. The Morgan fingerprint density at radius 1 is 1.29 bits per heavy atom. The van der Waals surface area contributed by atoms with Crippen molar-refractivity contribution in [3.8, 4) is 0 Å². The molecule has 3 heteroatoms. The molecule has 2 aliphatic rings. The van der Waals surface area contributed by atoms with E-state index in [-0.39, 0.29) is 11.5 Å². The molecule has 0 bridgehead atoms. The summed E-state index contributed by atoms with van der Waals surface area (Å²) in [6.07, 6.45) is 7.97. The molecule has 1 saturated heterocycles. The van der Waals surface area contributed by atoms with E-state index >= 15 is 0 Å². The number of amides is 1. The molecule has 2 rings (SSSR count). The third-order valence-corrected chi connectivity index (χ3v) is 4.76. The first-order valence-corrected chi connectivity index (χ1v) is 7.11. The van der Waals surface area contributed by atoms with Crippen LogP contribution in [0.3, 0.4) is 0 Å². The van der Waals surface area contributed by atoms with E-state index in [0.29, 0.717) is 18.5 Å². The summed E-state index contributed by atoms with van der Waals surface area (Å²) in [5.74, 6) is 0.373. The van der Waals surface area contributed by atoms with Gasteiger partial charge in [0.2, 0.25) is 5.91 Å². The summed E-state index contributed by atoms with van der Waals surface area (Å²) in [5, 5.41) is 0. The Balaban J connectivity index is 2.15. The van der Waals surface area contributed by atoms with Gasteiger partial charge in [-0.25, -0.2) is 0 Å². The molecule has 1 saturated carbocycles. The van der Waals surface area contributed by atoms with E-state index in [1.165, 1.54) is 19.3 Å². The SMILES string of the molecule is CC1CCCC(CN)N1C(=O)C1(C)CCCC1. The van der Waals surface area contributed by atoms with Gasteiger partial charge in [0.15, 0.2) is 0 Å². The van der Waals surface area contributed by atoms with Crippen LogP contribution in [-0.2, 0) is 4.79 Å². The lowest BCUT2D eigenvalue weighted by Crippen LogP contribution is -2.55. The van der Waals surface area contributed by atoms with Crippen molar-refractivity contribution in [2.24, 2.45) is 11.1 Å². The maximum atomic E-state index is 12.8. The molecule has 1 aliphatic heterocycles. The number of carbonyl (C=O) groups excluding carboxylic acids is 1. The number of rotatable bonds is 2. The van der Waals surface area contributed by atoms with Gasteiger partial charge in [-0.1, -0.05) is 19.8 Å².